The molecule has 1 aromatic heterocycles. The van der Waals surface area contributed by atoms with Crippen LogP contribution in [0.5, 0.6) is 5.75 Å². The number of carboxylic acid groups (broad SMARTS) is 1. The van der Waals surface area contributed by atoms with E-state index in [0.717, 1.165) is 0 Å². The van der Waals surface area contributed by atoms with Gasteiger partial charge in [-0.3, -0.25) is 9.78 Å². The summed E-state index contributed by atoms with van der Waals surface area (Å²) in [6.07, 6.45) is -9.71. The first-order chi connectivity index (χ1) is 8.61. The molecule has 0 aliphatic heterocycles. The van der Waals surface area contributed by atoms with E-state index >= 15 is 0 Å². The highest BCUT2D eigenvalue weighted by molar-refractivity contribution is 5.71. The van der Waals surface area contributed by atoms with Gasteiger partial charge in [0.15, 0.2) is 11.6 Å². The Hall–Kier alpha value is -2.00. The number of nitrogens with zero attached hydrogens (tertiary/aromatic N) is 1. The van der Waals surface area contributed by atoms with E-state index in [-0.39, 0.29) is 6.20 Å². The molecule has 1 heterocycles. The van der Waals surface area contributed by atoms with Crippen molar-refractivity contribution in [3.05, 3.63) is 23.3 Å². The number of aliphatic carboxylic acids is 1. The van der Waals surface area contributed by atoms with Crippen LogP contribution in [0.2, 0.25) is 0 Å². The van der Waals surface area contributed by atoms with E-state index in [2.05, 4.69) is 9.72 Å². The monoisotopic (exact) mass is 289 g/mol. The normalized spacial score (nSPS) is 11.7. The van der Waals surface area contributed by atoms with E-state index < -0.39 is 48.0 Å². The lowest BCUT2D eigenvalue weighted by atomic mass is 10.1. The van der Waals surface area contributed by atoms with Gasteiger partial charge in [-0.25, -0.2) is 13.2 Å². The van der Waals surface area contributed by atoms with Gasteiger partial charge in [0.25, 0.3) is 6.43 Å². The fourth-order valence-corrected chi connectivity index (χ4v) is 1.23. The molecule has 106 valence electrons. The second kappa shape index (κ2) is 5.33. The molecule has 0 saturated heterocycles. The van der Waals surface area contributed by atoms with Crippen molar-refractivity contribution in [2.45, 2.75) is 19.2 Å². The first-order valence-corrected chi connectivity index (χ1v) is 4.54. The standard InChI is InChI=1S/C9H5F6NO3/c10-6-3(1-5(17)18)7(8(11)12)16-2-4(6)19-9(13,14)15/h2,8H,1H2,(H,17,18). The smallest absolute Gasteiger partial charge is 0.481 e. The molecule has 0 spiro atoms. The van der Waals surface area contributed by atoms with E-state index in [0.29, 0.717) is 0 Å². The minimum atomic E-state index is -5.25. The molecule has 0 bridgehead atoms. The number of hydrogen-bond donors (Lipinski definition) is 1. The van der Waals surface area contributed by atoms with Crippen LogP contribution in [0.1, 0.15) is 17.7 Å². The Kier molecular flexibility index (Phi) is 4.22. The second-order valence-electron chi connectivity index (χ2n) is 3.22. The van der Waals surface area contributed by atoms with Crippen molar-refractivity contribution in [2.24, 2.45) is 0 Å². The van der Waals surface area contributed by atoms with E-state index in [9.17, 15) is 31.1 Å². The van der Waals surface area contributed by atoms with E-state index in [1.807, 2.05) is 0 Å². The zero-order valence-corrected chi connectivity index (χ0v) is 8.84. The van der Waals surface area contributed by atoms with Crippen LogP contribution in [0.25, 0.3) is 0 Å². The Labute approximate surface area is 101 Å². The van der Waals surface area contributed by atoms with Crippen LogP contribution in [0, 0.1) is 5.82 Å². The molecule has 10 heteroatoms. The highest BCUT2D eigenvalue weighted by atomic mass is 19.4. The lowest BCUT2D eigenvalue weighted by Gasteiger charge is -2.13. The fraction of sp³-hybridized carbons (Fsp3) is 0.333. The molecule has 0 atom stereocenters. The number of carbonyl (C=O) groups is 1. The molecule has 0 aliphatic rings. The zero-order chi connectivity index (χ0) is 14.8. The second-order valence-corrected chi connectivity index (χ2v) is 3.22. The predicted molar refractivity (Wildman–Crippen MR) is 47.2 cm³/mol. The van der Waals surface area contributed by atoms with Gasteiger partial charge < -0.3 is 9.84 Å². The van der Waals surface area contributed by atoms with Gasteiger partial charge in [-0.15, -0.1) is 13.2 Å². The minimum Gasteiger partial charge on any atom is -0.481 e. The minimum absolute atomic E-state index is 0.121. The number of hydrogen-bond acceptors (Lipinski definition) is 3. The number of rotatable bonds is 4. The number of pyridine rings is 1. The summed E-state index contributed by atoms with van der Waals surface area (Å²) in [4.78, 5) is 13.3. The Morgan fingerprint density at radius 3 is 2.42 bits per heavy atom. The summed E-state index contributed by atoms with van der Waals surface area (Å²) in [7, 11) is 0. The zero-order valence-electron chi connectivity index (χ0n) is 8.84. The summed E-state index contributed by atoms with van der Waals surface area (Å²) in [5, 5.41) is 8.42. The summed E-state index contributed by atoms with van der Waals surface area (Å²) in [6, 6.07) is 0. The Bertz CT molecular complexity index is 488. The third-order valence-corrected chi connectivity index (χ3v) is 1.87. The van der Waals surface area contributed by atoms with Crippen LogP contribution in [-0.2, 0) is 11.2 Å². The SMILES string of the molecule is O=C(O)Cc1c(C(F)F)ncc(OC(F)(F)F)c1F. The van der Waals surface area contributed by atoms with Crippen molar-refractivity contribution in [3.8, 4) is 5.75 Å². The van der Waals surface area contributed by atoms with Crippen molar-refractivity contribution in [3.63, 3.8) is 0 Å². The molecule has 4 nitrogen and oxygen atoms in total. The Morgan fingerprint density at radius 2 is 2.00 bits per heavy atom. The molecule has 1 aromatic rings. The van der Waals surface area contributed by atoms with Crippen LogP contribution in [0.3, 0.4) is 0 Å². The highest BCUT2D eigenvalue weighted by Gasteiger charge is 2.34. The third kappa shape index (κ3) is 4.00. The maximum absolute atomic E-state index is 13.5. The third-order valence-electron chi connectivity index (χ3n) is 1.87. The van der Waals surface area contributed by atoms with Crippen molar-refractivity contribution < 1.29 is 41.0 Å². The molecule has 0 aromatic carbocycles. The van der Waals surface area contributed by atoms with Crippen molar-refractivity contribution in [1.29, 1.82) is 0 Å². The van der Waals surface area contributed by atoms with E-state index in [1.165, 1.54) is 0 Å². The number of halogens is 6. The quantitative estimate of drug-likeness (QED) is 0.866. The van der Waals surface area contributed by atoms with E-state index in [4.69, 9.17) is 5.11 Å². The molecule has 19 heavy (non-hydrogen) atoms. The average Bonchev–Trinajstić information content (AvgIpc) is 2.21. The van der Waals surface area contributed by atoms with Gasteiger partial charge in [0, 0.05) is 5.56 Å². The largest absolute Gasteiger partial charge is 0.573 e. The Morgan fingerprint density at radius 1 is 1.42 bits per heavy atom. The first-order valence-electron chi connectivity index (χ1n) is 4.54. The number of alkyl halides is 5. The highest BCUT2D eigenvalue weighted by Crippen LogP contribution is 2.31. The fourth-order valence-electron chi connectivity index (χ4n) is 1.23. The van der Waals surface area contributed by atoms with Crippen molar-refractivity contribution >= 4 is 5.97 Å². The maximum Gasteiger partial charge on any atom is 0.573 e. The van der Waals surface area contributed by atoms with Gasteiger partial charge in [-0.05, 0) is 0 Å². The van der Waals surface area contributed by atoms with Crippen molar-refractivity contribution in [2.75, 3.05) is 0 Å². The summed E-state index contributed by atoms with van der Waals surface area (Å²) < 4.78 is 77.3. The first kappa shape index (κ1) is 15.1. The van der Waals surface area contributed by atoms with Gasteiger partial charge in [0.1, 0.15) is 5.69 Å². The van der Waals surface area contributed by atoms with Crippen LogP contribution in [0.15, 0.2) is 6.20 Å². The maximum atomic E-state index is 13.5. The molecule has 0 amide bonds. The topological polar surface area (TPSA) is 59.4 Å². The molecular formula is C9H5F6NO3. The van der Waals surface area contributed by atoms with Crippen LogP contribution in [0.4, 0.5) is 26.3 Å². The number of carboxylic acids is 1. The number of aromatic nitrogens is 1. The molecule has 0 radical (unpaired) electrons. The predicted octanol–water partition coefficient (Wildman–Crippen LogP) is 2.68. The molecule has 0 aliphatic carbocycles. The molecular weight excluding hydrogens is 284 g/mol. The van der Waals surface area contributed by atoms with Crippen molar-refractivity contribution in [1.82, 2.24) is 4.98 Å². The average molecular weight is 289 g/mol. The molecule has 1 rings (SSSR count). The van der Waals surface area contributed by atoms with Crippen LogP contribution < -0.4 is 4.74 Å². The molecule has 0 fully saturated rings. The molecule has 0 unspecified atom stereocenters. The van der Waals surface area contributed by atoms with Gasteiger partial charge in [0.2, 0.25) is 0 Å². The van der Waals surface area contributed by atoms with Gasteiger partial charge in [-0.1, -0.05) is 0 Å². The summed E-state index contributed by atoms with van der Waals surface area (Å²) >= 11 is 0. The van der Waals surface area contributed by atoms with Gasteiger partial charge in [-0.2, -0.15) is 0 Å². The molecule has 1 N–H and O–H groups in total. The summed E-state index contributed by atoms with van der Waals surface area (Å²) in [5.41, 5.74) is -2.39. The summed E-state index contributed by atoms with van der Waals surface area (Å²) in [6.45, 7) is 0. The number of ether oxygens (including phenoxy) is 1. The van der Waals surface area contributed by atoms with Crippen LogP contribution in [-0.4, -0.2) is 22.4 Å². The van der Waals surface area contributed by atoms with E-state index in [1.54, 1.807) is 0 Å². The van der Waals surface area contributed by atoms with Gasteiger partial charge in [0.05, 0.1) is 12.6 Å². The lowest BCUT2D eigenvalue weighted by Crippen LogP contribution is -2.19. The summed E-state index contributed by atoms with van der Waals surface area (Å²) in [5.74, 6) is -5.00. The Balaban J connectivity index is 3.29. The van der Waals surface area contributed by atoms with Gasteiger partial charge >= 0.3 is 12.3 Å². The lowest BCUT2D eigenvalue weighted by molar-refractivity contribution is -0.275. The van der Waals surface area contributed by atoms with Crippen LogP contribution >= 0.6 is 0 Å². The molecule has 0 saturated carbocycles.